The average molecular weight is 505 g/mol. The van der Waals surface area contributed by atoms with Crippen LogP contribution in [0, 0.1) is 12.8 Å². The summed E-state index contributed by atoms with van der Waals surface area (Å²) in [7, 11) is 0. The number of esters is 1. The third-order valence-corrected chi connectivity index (χ3v) is 7.43. The molecule has 0 radical (unpaired) electrons. The van der Waals surface area contributed by atoms with Crippen molar-refractivity contribution in [1.82, 2.24) is 0 Å². The maximum absolute atomic E-state index is 13.3. The molecule has 2 heterocycles. The van der Waals surface area contributed by atoms with Gasteiger partial charge in [0.2, 0.25) is 0 Å². The first-order chi connectivity index (χ1) is 18.4. The number of nitrogens with one attached hydrogen (secondary N) is 1. The van der Waals surface area contributed by atoms with Crippen molar-refractivity contribution in [2.24, 2.45) is 5.92 Å². The number of hydrogen-bond acceptors (Lipinski definition) is 5. The molecule has 6 rings (SSSR count). The SMILES string of the molecule is CCN(CC(C)C)c1ccc2c(c1)Oc1cc(C)c(Nc3ccccc3)cc1C21OC(=O)c2ccccc21. The molecule has 2 aliphatic rings. The van der Waals surface area contributed by atoms with Gasteiger partial charge in [-0.3, -0.25) is 0 Å². The van der Waals surface area contributed by atoms with E-state index >= 15 is 0 Å². The van der Waals surface area contributed by atoms with Gasteiger partial charge in [-0.05, 0) is 67.8 Å². The maximum Gasteiger partial charge on any atom is 0.340 e. The van der Waals surface area contributed by atoms with Crippen LogP contribution in [0.1, 0.15) is 53.4 Å². The van der Waals surface area contributed by atoms with Crippen LogP contribution in [0.2, 0.25) is 0 Å². The van der Waals surface area contributed by atoms with E-state index in [-0.39, 0.29) is 5.97 Å². The molecule has 0 fully saturated rings. The van der Waals surface area contributed by atoms with Crippen molar-refractivity contribution < 1.29 is 14.3 Å². The van der Waals surface area contributed by atoms with E-state index in [0.717, 1.165) is 52.4 Å². The fraction of sp³-hybridized carbons (Fsp3) is 0.242. The van der Waals surface area contributed by atoms with Crippen LogP contribution in [0.25, 0.3) is 0 Å². The number of para-hydroxylation sites is 1. The zero-order valence-corrected chi connectivity index (χ0v) is 22.2. The largest absolute Gasteiger partial charge is 0.456 e. The molecule has 4 aromatic rings. The minimum Gasteiger partial charge on any atom is -0.456 e. The van der Waals surface area contributed by atoms with Crippen molar-refractivity contribution in [2.75, 3.05) is 23.3 Å². The quantitative estimate of drug-likeness (QED) is 0.272. The van der Waals surface area contributed by atoms with Crippen LogP contribution in [0.3, 0.4) is 0 Å². The molecule has 0 aliphatic carbocycles. The molecule has 0 saturated heterocycles. The fourth-order valence-corrected chi connectivity index (χ4v) is 5.67. The number of nitrogens with zero attached hydrogens (tertiary/aromatic N) is 1. The first-order valence-electron chi connectivity index (χ1n) is 13.3. The van der Waals surface area contributed by atoms with Gasteiger partial charge in [0.15, 0.2) is 5.60 Å². The monoisotopic (exact) mass is 504 g/mol. The molecule has 0 aromatic heterocycles. The average Bonchev–Trinajstić information content (AvgIpc) is 3.21. The van der Waals surface area contributed by atoms with Crippen molar-refractivity contribution >= 4 is 23.0 Å². The molecule has 192 valence electrons. The Morgan fingerprint density at radius 2 is 1.61 bits per heavy atom. The molecule has 0 saturated carbocycles. The van der Waals surface area contributed by atoms with Crippen LogP contribution in [0.15, 0.2) is 84.9 Å². The second-order valence-corrected chi connectivity index (χ2v) is 10.5. The van der Waals surface area contributed by atoms with Crippen molar-refractivity contribution in [3.8, 4) is 11.5 Å². The van der Waals surface area contributed by atoms with Crippen LogP contribution in [-0.2, 0) is 10.3 Å². The molecule has 38 heavy (non-hydrogen) atoms. The molecule has 2 aliphatic heterocycles. The van der Waals surface area contributed by atoms with Crippen LogP contribution in [0.5, 0.6) is 11.5 Å². The molecule has 4 aromatic carbocycles. The third-order valence-electron chi connectivity index (χ3n) is 7.43. The highest BCUT2D eigenvalue weighted by atomic mass is 16.6. The summed E-state index contributed by atoms with van der Waals surface area (Å²) in [6.45, 7) is 10.5. The van der Waals surface area contributed by atoms with Gasteiger partial charge in [-0.25, -0.2) is 4.79 Å². The summed E-state index contributed by atoms with van der Waals surface area (Å²) in [5, 5.41) is 3.53. The lowest BCUT2D eigenvalue weighted by molar-refractivity contribution is 0.0224. The highest BCUT2D eigenvalue weighted by molar-refractivity contribution is 5.97. The number of aryl methyl sites for hydroxylation is 1. The summed E-state index contributed by atoms with van der Waals surface area (Å²) >= 11 is 0. The van der Waals surface area contributed by atoms with Gasteiger partial charge in [-0.1, -0.05) is 50.2 Å². The molecular formula is C33H32N2O3. The van der Waals surface area contributed by atoms with Gasteiger partial charge in [0.25, 0.3) is 0 Å². The van der Waals surface area contributed by atoms with Crippen molar-refractivity contribution in [1.29, 1.82) is 0 Å². The highest BCUT2D eigenvalue weighted by Gasteiger charge is 2.53. The lowest BCUT2D eigenvalue weighted by Crippen LogP contribution is -2.33. The van der Waals surface area contributed by atoms with E-state index in [1.165, 1.54) is 0 Å². The second kappa shape index (κ2) is 9.25. The summed E-state index contributed by atoms with van der Waals surface area (Å²) < 4.78 is 13.0. The van der Waals surface area contributed by atoms with Crippen LogP contribution < -0.4 is 15.0 Å². The van der Waals surface area contributed by atoms with Crippen molar-refractivity contribution in [3.05, 3.63) is 113 Å². The fourth-order valence-electron chi connectivity index (χ4n) is 5.67. The number of fused-ring (bicyclic) bond motifs is 6. The Hall–Kier alpha value is -4.25. The van der Waals surface area contributed by atoms with Gasteiger partial charge in [0.1, 0.15) is 11.5 Å². The molecule has 5 nitrogen and oxygen atoms in total. The number of benzene rings is 4. The third kappa shape index (κ3) is 3.81. The summed E-state index contributed by atoms with van der Waals surface area (Å²) in [6.07, 6.45) is 0. The molecule has 1 atom stereocenters. The Labute approximate surface area is 224 Å². The van der Waals surface area contributed by atoms with Gasteiger partial charge >= 0.3 is 5.97 Å². The Balaban J connectivity index is 1.55. The van der Waals surface area contributed by atoms with Crippen LogP contribution in [-0.4, -0.2) is 19.1 Å². The Bertz CT molecular complexity index is 1530. The first-order valence-corrected chi connectivity index (χ1v) is 13.3. The molecule has 1 spiro atoms. The van der Waals surface area contributed by atoms with E-state index in [1.807, 2.05) is 60.7 Å². The predicted octanol–water partition coefficient (Wildman–Crippen LogP) is 7.79. The number of anilines is 3. The summed E-state index contributed by atoms with van der Waals surface area (Å²) in [5.74, 6) is 1.61. The molecule has 5 heteroatoms. The Morgan fingerprint density at radius 3 is 2.37 bits per heavy atom. The number of rotatable bonds is 6. The highest BCUT2D eigenvalue weighted by Crippen LogP contribution is 2.57. The Morgan fingerprint density at radius 1 is 0.868 bits per heavy atom. The van der Waals surface area contributed by atoms with Gasteiger partial charge in [-0.15, -0.1) is 0 Å². The topological polar surface area (TPSA) is 50.8 Å². The minimum absolute atomic E-state index is 0.323. The minimum atomic E-state index is -1.09. The first kappa shape index (κ1) is 24.1. The van der Waals surface area contributed by atoms with Crippen LogP contribution in [0.4, 0.5) is 17.1 Å². The molecule has 0 bridgehead atoms. The normalized spacial score (nSPS) is 16.9. The predicted molar refractivity (Wildman–Crippen MR) is 152 cm³/mol. The van der Waals surface area contributed by atoms with Gasteiger partial charge < -0.3 is 19.7 Å². The number of carbonyl (C=O) groups excluding carboxylic acids is 1. The van der Waals surface area contributed by atoms with E-state index in [4.69, 9.17) is 9.47 Å². The Kier molecular flexibility index (Phi) is 5.87. The smallest absolute Gasteiger partial charge is 0.340 e. The second-order valence-electron chi connectivity index (χ2n) is 10.5. The zero-order valence-electron chi connectivity index (χ0n) is 22.2. The van der Waals surface area contributed by atoms with E-state index < -0.39 is 5.60 Å². The molecule has 1 N–H and O–H groups in total. The van der Waals surface area contributed by atoms with E-state index in [2.05, 4.69) is 62.2 Å². The van der Waals surface area contributed by atoms with Gasteiger partial charge in [0, 0.05) is 52.9 Å². The summed E-state index contributed by atoms with van der Waals surface area (Å²) in [5.41, 5.74) is 6.04. The zero-order chi connectivity index (χ0) is 26.4. The number of hydrogen-bond donors (Lipinski definition) is 1. The van der Waals surface area contributed by atoms with E-state index in [1.54, 1.807) is 0 Å². The van der Waals surface area contributed by atoms with Gasteiger partial charge in [-0.2, -0.15) is 0 Å². The van der Waals surface area contributed by atoms with E-state index in [0.29, 0.717) is 23.0 Å². The van der Waals surface area contributed by atoms with Crippen molar-refractivity contribution in [2.45, 2.75) is 33.3 Å². The van der Waals surface area contributed by atoms with Crippen molar-refractivity contribution in [3.63, 3.8) is 0 Å². The lowest BCUT2D eigenvalue weighted by Gasteiger charge is -2.38. The molecular weight excluding hydrogens is 472 g/mol. The van der Waals surface area contributed by atoms with Crippen LogP contribution >= 0.6 is 0 Å². The van der Waals surface area contributed by atoms with E-state index in [9.17, 15) is 4.79 Å². The van der Waals surface area contributed by atoms with Gasteiger partial charge in [0.05, 0.1) is 5.56 Å². The number of ether oxygens (including phenoxy) is 2. The number of carbonyl (C=O) groups is 1. The molecule has 1 unspecified atom stereocenters. The molecule has 0 amide bonds. The maximum atomic E-state index is 13.3. The lowest BCUT2D eigenvalue weighted by atomic mass is 9.77. The standard InChI is InChI=1S/C33H32N2O3/c1-5-35(20-21(2)3)24-15-16-27-31(18-24)37-30-17-22(4)29(34-23-11-7-6-8-12-23)19-28(30)33(27)26-14-10-9-13-25(26)32(36)38-33/h6-19,21,34H,5,20H2,1-4H3. The summed E-state index contributed by atoms with van der Waals surface area (Å²) in [6, 6.07) is 28.1. The summed E-state index contributed by atoms with van der Waals surface area (Å²) in [4.78, 5) is 15.6.